The maximum absolute atomic E-state index is 10.2. The van der Waals surface area contributed by atoms with Gasteiger partial charge in [-0.25, -0.2) is 9.67 Å². The summed E-state index contributed by atoms with van der Waals surface area (Å²) in [6, 6.07) is 20.7. The summed E-state index contributed by atoms with van der Waals surface area (Å²) in [6.45, 7) is 0. The van der Waals surface area contributed by atoms with E-state index in [1.54, 1.807) is 29.2 Å². The second kappa shape index (κ2) is 7.03. The minimum atomic E-state index is 0.167. The molecule has 0 aliphatic rings. The molecule has 0 bridgehead atoms. The summed E-state index contributed by atoms with van der Waals surface area (Å²) in [4.78, 5) is 8.71. The highest BCUT2D eigenvalue weighted by molar-refractivity contribution is 5.70. The lowest BCUT2D eigenvalue weighted by atomic mass is 10.2. The number of rotatable bonds is 4. The Hall–Kier alpha value is -3.73. The van der Waals surface area contributed by atoms with E-state index in [4.69, 9.17) is 0 Å². The average Bonchev–Trinajstić information content (AvgIpc) is 3.12. The van der Waals surface area contributed by atoms with Crippen molar-refractivity contribution in [1.82, 2.24) is 19.7 Å². The third-order valence-electron chi connectivity index (χ3n) is 3.88. The SMILES string of the molecule is Oc1ccccc1-c1nc(/C=C/c2cccnc2)nn1-c1ccccc1. The van der Waals surface area contributed by atoms with Crippen molar-refractivity contribution in [2.45, 2.75) is 0 Å². The molecular weight excluding hydrogens is 324 g/mol. The first-order valence-electron chi connectivity index (χ1n) is 8.20. The smallest absolute Gasteiger partial charge is 0.175 e. The van der Waals surface area contributed by atoms with Crippen LogP contribution < -0.4 is 0 Å². The van der Waals surface area contributed by atoms with Gasteiger partial charge in [-0.05, 0) is 48.0 Å². The molecule has 0 saturated heterocycles. The molecule has 0 radical (unpaired) electrons. The zero-order valence-corrected chi connectivity index (χ0v) is 13.9. The number of para-hydroxylation sites is 2. The van der Waals surface area contributed by atoms with Crippen LogP contribution >= 0.6 is 0 Å². The molecule has 0 aliphatic carbocycles. The Bertz CT molecular complexity index is 1040. The predicted octanol–water partition coefficient (Wildman–Crippen LogP) is 4.21. The number of aromatic hydroxyl groups is 1. The van der Waals surface area contributed by atoms with Gasteiger partial charge in [0.1, 0.15) is 5.75 Å². The van der Waals surface area contributed by atoms with E-state index >= 15 is 0 Å². The van der Waals surface area contributed by atoms with Crippen LogP contribution in [0.5, 0.6) is 5.75 Å². The van der Waals surface area contributed by atoms with Crippen molar-refractivity contribution in [3.05, 3.63) is 90.5 Å². The standard InChI is InChI=1S/C21H16N4O/c26-19-11-5-4-10-18(19)21-23-20(13-12-16-7-6-14-22-15-16)24-25(21)17-8-2-1-3-9-17/h1-15,26H/b13-12+. The largest absolute Gasteiger partial charge is 0.507 e. The fraction of sp³-hybridized carbons (Fsp3) is 0. The summed E-state index contributed by atoms with van der Waals surface area (Å²) in [7, 11) is 0. The van der Waals surface area contributed by atoms with Crippen molar-refractivity contribution >= 4 is 12.2 Å². The minimum Gasteiger partial charge on any atom is -0.507 e. The van der Waals surface area contributed by atoms with Gasteiger partial charge in [-0.3, -0.25) is 4.98 Å². The van der Waals surface area contributed by atoms with Crippen LogP contribution in [0.1, 0.15) is 11.4 Å². The molecule has 0 fully saturated rings. The van der Waals surface area contributed by atoms with Gasteiger partial charge in [0.05, 0.1) is 11.3 Å². The molecule has 0 aliphatic heterocycles. The van der Waals surface area contributed by atoms with E-state index < -0.39 is 0 Å². The first kappa shape index (κ1) is 15.8. The molecule has 126 valence electrons. The van der Waals surface area contributed by atoms with Gasteiger partial charge in [0, 0.05) is 12.4 Å². The number of phenols is 1. The van der Waals surface area contributed by atoms with E-state index in [9.17, 15) is 5.11 Å². The Morgan fingerprint density at radius 2 is 1.65 bits per heavy atom. The lowest BCUT2D eigenvalue weighted by Crippen LogP contribution is -1.99. The third-order valence-corrected chi connectivity index (χ3v) is 3.88. The second-order valence-electron chi connectivity index (χ2n) is 5.68. The average molecular weight is 340 g/mol. The first-order valence-corrected chi connectivity index (χ1v) is 8.20. The Kier molecular flexibility index (Phi) is 4.26. The molecule has 0 saturated carbocycles. The molecule has 2 aromatic heterocycles. The number of nitrogens with zero attached hydrogens (tertiary/aromatic N) is 4. The topological polar surface area (TPSA) is 63.8 Å². The molecule has 4 rings (SSSR count). The molecule has 26 heavy (non-hydrogen) atoms. The van der Waals surface area contributed by atoms with Crippen LogP contribution in [0.25, 0.3) is 29.2 Å². The number of aromatic nitrogens is 4. The van der Waals surface area contributed by atoms with Gasteiger partial charge in [0.15, 0.2) is 11.6 Å². The fourth-order valence-electron chi connectivity index (χ4n) is 2.63. The first-order chi connectivity index (χ1) is 12.8. The third kappa shape index (κ3) is 3.23. The van der Waals surface area contributed by atoms with Crippen LogP contribution in [0.2, 0.25) is 0 Å². The number of pyridine rings is 1. The van der Waals surface area contributed by atoms with Gasteiger partial charge >= 0.3 is 0 Å². The number of benzene rings is 2. The summed E-state index contributed by atoms with van der Waals surface area (Å²) >= 11 is 0. The number of hydrogen-bond acceptors (Lipinski definition) is 4. The van der Waals surface area contributed by atoms with Gasteiger partial charge in [-0.1, -0.05) is 36.4 Å². The van der Waals surface area contributed by atoms with Crippen LogP contribution in [0.3, 0.4) is 0 Å². The molecule has 2 aromatic carbocycles. The lowest BCUT2D eigenvalue weighted by molar-refractivity contribution is 0.476. The quantitative estimate of drug-likeness (QED) is 0.604. The number of hydrogen-bond donors (Lipinski definition) is 1. The molecule has 0 unspecified atom stereocenters. The highest BCUT2D eigenvalue weighted by Gasteiger charge is 2.15. The molecule has 5 heteroatoms. The Labute approximate surface area is 150 Å². The van der Waals surface area contributed by atoms with E-state index in [0.29, 0.717) is 17.2 Å². The summed E-state index contributed by atoms with van der Waals surface area (Å²) in [5.74, 6) is 1.30. The molecule has 4 aromatic rings. The van der Waals surface area contributed by atoms with Gasteiger partial charge in [0.2, 0.25) is 0 Å². The maximum atomic E-state index is 10.2. The van der Waals surface area contributed by atoms with Crippen molar-refractivity contribution in [2.75, 3.05) is 0 Å². The van der Waals surface area contributed by atoms with E-state index in [0.717, 1.165) is 11.3 Å². The molecule has 5 nitrogen and oxygen atoms in total. The minimum absolute atomic E-state index is 0.167. The lowest BCUT2D eigenvalue weighted by Gasteiger charge is -2.06. The zero-order valence-electron chi connectivity index (χ0n) is 13.9. The Morgan fingerprint density at radius 3 is 2.42 bits per heavy atom. The molecule has 0 spiro atoms. The van der Waals surface area contributed by atoms with E-state index in [2.05, 4.69) is 15.1 Å². The summed E-state index contributed by atoms with van der Waals surface area (Å²) < 4.78 is 1.73. The van der Waals surface area contributed by atoms with E-state index in [1.165, 1.54) is 0 Å². The van der Waals surface area contributed by atoms with Crippen LogP contribution in [0.4, 0.5) is 0 Å². The molecule has 2 heterocycles. The van der Waals surface area contributed by atoms with E-state index in [1.807, 2.05) is 66.7 Å². The zero-order chi connectivity index (χ0) is 17.8. The molecule has 0 amide bonds. The molecule has 1 N–H and O–H groups in total. The summed E-state index contributed by atoms with van der Waals surface area (Å²) in [6.07, 6.45) is 7.25. The van der Waals surface area contributed by atoms with Gasteiger partial charge < -0.3 is 5.11 Å². The predicted molar refractivity (Wildman–Crippen MR) is 102 cm³/mol. The molecular formula is C21H16N4O. The van der Waals surface area contributed by atoms with Crippen LogP contribution in [0.15, 0.2) is 79.1 Å². The van der Waals surface area contributed by atoms with Gasteiger partial charge in [0.25, 0.3) is 0 Å². The van der Waals surface area contributed by atoms with Crippen LogP contribution in [-0.4, -0.2) is 24.9 Å². The fourth-order valence-corrected chi connectivity index (χ4v) is 2.63. The highest BCUT2D eigenvalue weighted by atomic mass is 16.3. The van der Waals surface area contributed by atoms with Gasteiger partial charge in [-0.2, -0.15) is 0 Å². The molecule has 0 atom stereocenters. The summed E-state index contributed by atoms with van der Waals surface area (Å²) in [5.41, 5.74) is 2.47. The van der Waals surface area contributed by atoms with Crippen LogP contribution in [-0.2, 0) is 0 Å². The normalized spacial score (nSPS) is 11.1. The van der Waals surface area contributed by atoms with E-state index in [-0.39, 0.29) is 5.75 Å². The second-order valence-corrected chi connectivity index (χ2v) is 5.68. The van der Waals surface area contributed by atoms with Crippen molar-refractivity contribution in [2.24, 2.45) is 0 Å². The summed E-state index contributed by atoms with van der Waals surface area (Å²) in [5, 5.41) is 14.8. The van der Waals surface area contributed by atoms with Crippen LogP contribution in [0, 0.1) is 0 Å². The Morgan fingerprint density at radius 1 is 0.846 bits per heavy atom. The monoisotopic (exact) mass is 340 g/mol. The highest BCUT2D eigenvalue weighted by Crippen LogP contribution is 2.29. The van der Waals surface area contributed by atoms with Crippen molar-refractivity contribution in [3.63, 3.8) is 0 Å². The van der Waals surface area contributed by atoms with Crippen molar-refractivity contribution < 1.29 is 5.11 Å². The van der Waals surface area contributed by atoms with Crippen molar-refractivity contribution in [3.8, 4) is 22.8 Å². The number of phenolic OH excluding ortho intramolecular Hbond substituents is 1. The van der Waals surface area contributed by atoms with Gasteiger partial charge in [-0.15, -0.1) is 5.10 Å². The Balaban J connectivity index is 1.81. The van der Waals surface area contributed by atoms with Crippen molar-refractivity contribution in [1.29, 1.82) is 0 Å². The maximum Gasteiger partial charge on any atom is 0.175 e.